The maximum absolute atomic E-state index is 11.7. The first-order valence-corrected chi connectivity index (χ1v) is 5.59. The van der Waals surface area contributed by atoms with Gasteiger partial charge >= 0.3 is 5.97 Å². The molecule has 0 radical (unpaired) electrons. The summed E-state index contributed by atoms with van der Waals surface area (Å²) in [5, 5.41) is 10.6. The summed E-state index contributed by atoms with van der Waals surface area (Å²) in [6, 6.07) is 10.4. The molecule has 90 valence electrons. The van der Waals surface area contributed by atoms with Crippen LogP contribution >= 0.6 is 0 Å². The standard InChI is InChI=1S/C14H11NO3/c1-9-4-6-10(7-5-9)14(17)12-11(13(16)18-14)3-2-8-15-12/h2-8,17H,1H3/t14-/m0/s1. The third kappa shape index (κ3) is 1.43. The third-order valence-electron chi connectivity index (χ3n) is 3.03. The number of carbonyl (C=O) groups excluding carboxylic acids is 1. The zero-order valence-electron chi connectivity index (χ0n) is 9.75. The molecule has 1 aromatic heterocycles. The number of nitrogens with zero attached hydrogens (tertiary/aromatic N) is 1. The van der Waals surface area contributed by atoms with E-state index in [-0.39, 0.29) is 5.69 Å². The molecular formula is C14H11NO3. The Bertz CT molecular complexity index is 621. The van der Waals surface area contributed by atoms with Crippen LogP contribution in [-0.2, 0) is 10.5 Å². The number of hydrogen-bond donors (Lipinski definition) is 1. The lowest BCUT2D eigenvalue weighted by Gasteiger charge is -2.21. The summed E-state index contributed by atoms with van der Waals surface area (Å²) in [4.78, 5) is 15.8. The topological polar surface area (TPSA) is 59.4 Å². The number of hydrogen-bond acceptors (Lipinski definition) is 4. The molecule has 0 bridgehead atoms. The summed E-state index contributed by atoms with van der Waals surface area (Å²) in [6.45, 7) is 1.95. The van der Waals surface area contributed by atoms with Crippen LogP contribution in [0.5, 0.6) is 0 Å². The maximum Gasteiger partial charge on any atom is 0.343 e. The number of carbonyl (C=O) groups is 1. The van der Waals surface area contributed by atoms with Crippen molar-refractivity contribution in [3.63, 3.8) is 0 Å². The summed E-state index contributed by atoms with van der Waals surface area (Å²) in [6.07, 6.45) is 1.53. The van der Waals surface area contributed by atoms with Gasteiger partial charge in [0.2, 0.25) is 0 Å². The molecule has 18 heavy (non-hydrogen) atoms. The van der Waals surface area contributed by atoms with Crippen molar-refractivity contribution >= 4 is 5.97 Å². The normalized spacial score (nSPS) is 21.6. The number of esters is 1. The number of pyridine rings is 1. The van der Waals surface area contributed by atoms with Gasteiger partial charge in [0.05, 0.1) is 5.56 Å². The van der Waals surface area contributed by atoms with E-state index in [2.05, 4.69) is 4.98 Å². The van der Waals surface area contributed by atoms with Crippen LogP contribution < -0.4 is 0 Å². The van der Waals surface area contributed by atoms with Crippen molar-refractivity contribution in [1.29, 1.82) is 0 Å². The molecule has 3 rings (SSSR count). The Labute approximate surface area is 104 Å². The van der Waals surface area contributed by atoms with E-state index in [4.69, 9.17) is 4.74 Å². The Kier molecular flexibility index (Phi) is 2.21. The van der Waals surface area contributed by atoms with Crippen LogP contribution in [0.2, 0.25) is 0 Å². The fraction of sp³-hybridized carbons (Fsp3) is 0.143. The molecule has 0 aliphatic carbocycles. The van der Waals surface area contributed by atoms with Gasteiger partial charge in [0.25, 0.3) is 5.79 Å². The minimum absolute atomic E-state index is 0.249. The molecule has 1 aliphatic rings. The van der Waals surface area contributed by atoms with Gasteiger partial charge in [-0.05, 0) is 19.1 Å². The Morgan fingerprint density at radius 2 is 1.94 bits per heavy atom. The van der Waals surface area contributed by atoms with Gasteiger partial charge in [-0.25, -0.2) is 4.79 Å². The van der Waals surface area contributed by atoms with Crippen molar-refractivity contribution < 1.29 is 14.6 Å². The van der Waals surface area contributed by atoms with Crippen LogP contribution in [-0.4, -0.2) is 16.1 Å². The molecule has 1 N–H and O–H groups in total. The van der Waals surface area contributed by atoms with Gasteiger partial charge in [0, 0.05) is 11.8 Å². The van der Waals surface area contributed by atoms with Gasteiger partial charge in [-0.15, -0.1) is 0 Å². The molecule has 0 unspecified atom stereocenters. The minimum Gasteiger partial charge on any atom is -0.419 e. The molecule has 4 nitrogen and oxygen atoms in total. The fourth-order valence-corrected chi connectivity index (χ4v) is 2.05. The lowest BCUT2D eigenvalue weighted by molar-refractivity contribution is -0.131. The van der Waals surface area contributed by atoms with Gasteiger partial charge in [-0.2, -0.15) is 0 Å². The first-order chi connectivity index (χ1) is 8.61. The number of aliphatic hydroxyl groups is 1. The van der Waals surface area contributed by atoms with Crippen molar-refractivity contribution in [2.75, 3.05) is 0 Å². The van der Waals surface area contributed by atoms with E-state index in [1.54, 1.807) is 24.3 Å². The molecule has 0 amide bonds. The number of ether oxygens (including phenoxy) is 1. The predicted octanol–water partition coefficient (Wildman–Crippen LogP) is 1.75. The highest BCUT2D eigenvalue weighted by Gasteiger charge is 2.47. The number of rotatable bonds is 1. The monoisotopic (exact) mass is 241 g/mol. The van der Waals surface area contributed by atoms with Gasteiger partial charge in [-0.3, -0.25) is 4.98 Å². The smallest absolute Gasteiger partial charge is 0.343 e. The number of cyclic esters (lactones) is 1. The first-order valence-electron chi connectivity index (χ1n) is 5.59. The summed E-state index contributed by atoms with van der Waals surface area (Å²) in [5.41, 5.74) is 2.12. The van der Waals surface area contributed by atoms with Crippen LogP contribution in [0.15, 0.2) is 42.6 Å². The Balaban J connectivity index is 2.17. The second kappa shape index (κ2) is 3.65. The molecule has 4 heteroatoms. The molecular weight excluding hydrogens is 230 g/mol. The number of aromatic nitrogens is 1. The Morgan fingerprint density at radius 1 is 1.22 bits per heavy atom. The SMILES string of the molecule is Cc1ccc([C@]2(O)OC(=O)c3cccnc32)cc1. The fourth-order valence-electron chi connectivity index (χ4n) is 2.05. The van der Waals surface area contributed by atoms with E-state index in [1.165, 1.54) is 6.20 Å². The molecule has 0 saturated carbocycles. The van der Waals surface area contributed by atoms with Gasteiger partial charge in [0.15, 0.2) is 0 Å². The van der Waals surface area contributed by atoms with Crippen LogP contribution in [0.4, 0.5) is 0 Å². The van der Waals surface area contributed by atoms with Crippen molar-refractivity contribution in [2.24, 2.45) is 0 Å². The zero-order valence-corrected chi connectivity index (χ0v) is 9.75. The van der Waals surface area contributed by atoms with Crippen LogP contribution in [0.3, 0.4) is 0 Å². The Hall–Kier alpha value is -2.20. The minimum atomic E-state index is -1.78. The van der Waals surface area contributed by atoms with Crippen molar-refractivity contribution in [3.8, 4) is 0 Å². The van der Waals surface area contributed by atoms with E-state index in [1.807, 2.05) is 19.1 Å². The number of aryl methyl sites for hydroxylation is 1. The van der Waals surface area contributed by atoms with Crippen molar-refractivity contribution in [3.05, 3.63) is 65.0 Å². The molecule has 2 aromatic rings. The summed E-state index contributed by atoms with van der Waals surface area (Å²) in [5.74, 6) is -2.33. The van der Waals surface area contributed by atoms with E-state index in [9.17, 15) is 9.90 Å². The lowest BCUT2D eigenvalue weighted by Crippen LogP contribution is -2.28. The van der Waals surface area contributed by atoms with Crippen LogP contribution in [0, 0.1) is 6.92 Å². The largest absolute Gasteiger partial charge is 0.419 e. The molecule has 0 fully saturated rings. The molecule has 0 saturated heterocycles. The molecule has 2 heterocycles. The molecule has 1 aromatic carbocycles. The van der Waals surface area contributed by atoms with Crippen LogP contribution in [0.1, 0.15) is 27.2 Å². The average molecular weight is 241 g/mol. The average Bonchev–Trinajstić information content (AvgIpc) is 2.64. The van der Waals surface area contributed by atoms with Gasteiger partial charge < -0.3 is 9.84 Å². The van der Waals surface area contributed by atoms with Crippen LogP contribution in [0.25, 0.3) is 0 Å². The predicted molar refractivity (Wildman–Crippen MR) is 63.8 cm³/mol. The highest BCUT2D eigenvalue weighted by molar-refractivity contribution is 5.94. The quantitative estimate of drug-likeness (QED) is 0.773. The molecule has 1 atom stereocenters. The second-order valence-electron chi connectivity index (χ2n) is 4.30. The number of fused-ring (bicyclic) bond motifs is 1. The summed E-state index contributed by atoms with van der Waals surface area (Å²) >= 11 is 0. The maximum atomic E-state index is 11.7. The van der Waals surface area contributed by atoms with E-state index >= 15 is 0 Å². The van der Waals surface area contributed by atoms with E-state index in [0.717, 1.165) is 5.56 Å². The Morgan fingerprint density at radius 3 is 2.67 bits per heavy atom. The molecule has 1 aliphatic heterocycles. The summed E-state index contributed by atoms with van der Waals surface area (Å²) < 4.78 is 5.10. The molecule has 0 spiro atoms. The van der Waals surface area contributed by atoms with E-state index in [0.29, 0.717) is 11.1 Å². The summed E-state index contributed by atoms with van der Waals surface area (Å²) in [7, 11) is 0. The van der Waals surface area contributed by atoms with Gasteiger partial charge in [0.1, 0.15) is 5.69 Å². The highest BCUT2D eigenvalue weighted by atomic mass is 16.7. The van der Waals surface area contributed by atoms with Crippen molar-refractivity contribution in [1.82, 2.24) is 4.98 Å². The van der Waals surface area contributed by atoms with E-state index < -0.39 is 11.8 Å². The second-order valence-corrected chi connectivity index (χ2v) is 4.30. The van der Waals surface area contributed by atoms with Gasteiger partial charge in [-0.1, -0.05) is 29.8 Å². The number of benzene rings is 1. The van der Waals surface area contributed by atoms with Crippen molar-refractivity contribution in [2.45, 2.75) is 12.7 Å². The lowest BCUT2D eigenvalue weighted by atomic mass is 10.00. The third-order valence-corrected chi connectivity index (χ3v) is 3.03. The zero-order chi connectivity index (χ0) is 12.8. The first kappa shape index (κ1) is 10.9. The highest BCUT2D eigenvalue weighted by Crippen LogP contribution is 2.38.